The van der Waals surface area contributed by atoms with Crippen LogP contribution in [0.25, 0.3) is 0 Å². The van der Waals surface area contributed by atoms with Crippen molar-refractivity contribution in [1.29, 1.82) is 0 Å². The van der Waals surface area contributed by atoms with E-state index in [4.69, 9.17) is 0 Å². The molecule has 2 nitrogen and oxygen atoms in total. The van der Waals surface area contributed by atoms with Crippen molar-refractivity contribution in [3.8, 4) is 0 Å². The molecule has 54 valence electrons. The normalized spacial score (nSPS) is 11.1. The predicted molar refractivity (Wildman–Crippen MR) is 31.3 cm³/mol. The van der Waals surface area contributed by atoms with Gasteiger partial charge in [-0.25, -0.2) is 4.79 Å². The molecule has 0 N–H and O–H groups in total. The lowest BCUT2D eigenvalue weighted by atomic mass is 9.91. The van der Waals surface area contributed by atoms with Crippen molar-refractivity contribution in [2.24, 2.45) is 5.41 Å². The molecule has 0 aliphatic rings. The van der Waals surface area contributed by atoms with Gasteiger partial charge in [-0.1, -0.05) is 6.92 Å². The Balaban J connectivity index is 3.97. The molecule has 3 heteroatoms. The fourth-order valence-corrected chi connectivity index (χ4v) is 0.249. The van der Waals surface area contributed by atoms with Crippen LogP contribution in [0, 0.1) is 5.41 Å². The molecule has 0 saturated heterocycles. The molecule has 0 radical (unpaired) electrons. The quantitative estimate of drug-likeness (QED) is 0.576. The molecule has 9 heavy (non-hydrogen) atoms. The molecule has 0 spiro atoms. The lowest BCUT2D eigenvalue weighted by Crippen LogP contribution is -2.23. The Morgan fingerprint density at radius 3 is 2.22 bits per heavy atom. The molecule has 0 aliphatic heterocycles. The van der Waals surface area contributed by atoms with Gasteiger partial charge in [-0.2, -0.15) is 0 Å². The lowest BCUT2D eigenvalue weighted by Gasteiger charge is -2.15. The van der Waals surface area contributed by atoms with Crippen LogP contribution in [0.4, 0.5) is 4.53 Å². The first kappa shape index (κ1) is 8.40. The molecule has 0 aromatic heterocycles. The van der Waals surface area contributed by atoms with Crippen LogP contribution in [0.1, 0.15) is 27.2 Å². The average Bonchev–Trinajstić information content (AvgIpc) is 1.86. The number of hydrogen-bond donors (Lipinski definition) is 0. The molecule has 0 atom stereocenters. The first-order valence-electron chi connectivity index (χ1n) is 2.87. The minimum atomic E-state index is -0.801. The molecule has 0 saturated carbocycles. The van der Waals surface area contributed by atoms with Crippen LogP contribution in [0.3, 0.4) is 0 Å². The van der Waals surface area contributed by atoms with E-state index in [1.165, 1.54) is 0 Å². The Bertz CT molecular complexity index is 110. The van der Waals surface area contributed by atoms with Crippen LogP contribution in [0.15, 0.2) is 0 Å². The van der Waals surface area contributed by atoms with Crippen LogP contribution in [0.5, 0.6) is 0 Å². The second-order valence-electron chi connectivity index (χ2n) is 2.60. The van der Waals surface area contributed by atoms with Gasteiger partial charge >= 0.3 is 5.97 Å². The van der Waals surface area contributed by atoms with E-state index in [-0.39, 0.29) is 0 Å². The van der Waals surface area contributed by atoms with E-state index in [9.17, 15) is 9.32 Å². The fraction of sp³-hybridized carbons (Fsp3) is 0.833. The third-order valence-corrected chi connectivity index (χ3v) is 1.51. The Morgan fingerprint density at radius 1 is 1.67 bits per heavy atom. The predicted octanol–water partition coefficient (Wildman–Crippen LogP) is 1.85. The largest absolute Gasteiger partial charge is 0.354 e. The molecule has 0 fully saturated rings. The van der Waals surface area contributed by atoms with Crippen LogP contribution in [-0.4, -0.2) is 5.97 Å². The van der Waals surface area contributed by atoms with Crippen molar-refractivity contribution in [3.05, 3.63) is 0 Å². The Labute approximate surface area is 53.9 Å². The molecule has 0 aromatic carbocycles. The third-order valence-electron chi connectivity index (χ3n) is 1.51. The van der Waals surface area contributed by atoms with Gasteiger partial charge in [-0.15, -0.1) is 0 Å². The summed E-state index contributed by atoms with van der Waals surface area (Å²) in [5, 5.41) is 0. The lowest BCUT2D eigenvalue weighted by molar-refractivity contribution is -0.195. The maximum absolute atomic E-state index is 11.2. The number of carbonyl (C=O) groups excluding carboxylic acids is 1. The summed E-state index contributed by atoms with van der Waals surface area (Å²) in [4.78, 5) is 13.5. The minimum Gasteiger partial charge on any atom is -0.254 e. The maximum Gasteiger partial charge on any atom is 0.354 e. The van der Waals surface area contributed by atoms with Gasteiger partial charge in [0.25, 0.3) is 0 Å². The zero-order valence-corrected chi connectivity index (χ0v) is 5.90. The van der Waals surface area contributed by atoms with Gasteiger partial charge in [-0.05, 0) is 20.3 Å². The van der Waals surface area contributed by atoms with Crippen molar-refractivity contribution >= 4 is 5.97 Å². The smallest absolute Gasteiger partial charge is 0.254 e. The number of carbonyl (C=O) groups is 1. The molecule has 0 unspecified atom stereocenters. The molecule has 0 bridgehead atoms. The molecule has 0 aliphatic carbocycles. The SMILES string of the molecule is CCC(C)(C)C(=O)OF. The van der Waals surface area contributed by atoms with Crippen molar-refractivity contribution in [2.45, 2.75) is 27.2 Å². The molecular formula is C6H11FO2. The third kappa shape index (κ3) is 2.00. The molecule has 0 amide bonds. The minimum absolute atomic E-state index is 0.579. The van der Waals surface area contributed by atoms with Crippen molar-refractivity contribution in [3.63, 3.8) is 0 Å². The second kappa shape index (κ2) is 2.80. The average molecular weight is 134 g/mol. The fourth-order valence-electron chi connectivity index (χ4n) is 0.249. The molecular weight excluding hydrogens is 123 g/mol. The van der Waals surface area contributed by atoms with E-state index in [1.807, 2.05) is 0 Å². The van der Waals surface area contributed by atoms with Gasteiger partial charge in [0.05, 0.1) is 5.41 Å². The number of rotatable bonds is 2. The highest BCUT2D eigenvalue weighted by Crippen LogP contribution is 2.21. The Hall–Kier alpha value is -0.600. The van der Waals surface area contributed by atoms with E-state index in [0.29, 0.717) is 6.42 Å². The molecule has 0 heterocycles. The zero-order chi connectivity index (χ0) is 7.49. The molecule has 0 rings (SSSR count). The van der Waals surface area contributed by atoms with Gasteiger partial charge in [-0.3, -0.25) is 4.94 Å². The van der Waals surface area contributed by atoms with Gasteiger partial charge < -0.3 is 0 Å². The summed E-state index contributed by atoms with van der Waals surface area (Å²) < 4.78 is 11.2. The van der Waals surface area contributed by atoms with E-state index in [2.05, 4.69) is 4.94 Å². The van der Waals surface area contributed by atoms with Gasteiger partial charge in [0, 0.05) is 4.53 Å². The highest BCUT2D eigenvalue weighted by molar-refractivity contribution is 5.75. The summed E-state index contributed by atoms with van der Waals surface area (Å²) >= 11 is 0. The second-order valence-corrected chi connectivity index (χ2v) is 2.60. The summed E-state index contributed by atoms with van der Waals surface area (Å²) in [6, 6.07) is 0. The summed E-state index contributed by atoms with van der Waals surface area (Å²) in [7, 11) is 0. The van der Waals surface area contributed by atoms with Crippen LogP contribution >= 0.6 is 0 Å². The van der Waals surface area contributed by atoms with Crippen molar-refractivity contribution in [2.75, 3.05) is 0 Å². The summed E-state index contributed by atoms with van der Waals surface area (Å²) in [6.45, 7) is 5.07. The number of halogens is 1. The first-order chi connectivity index (χ1) is 4.04. The summed E-state index contributed by atoms with van der Waals surface area (Å²) in [5.74, 6) is -0.801. The topological polar surface area (TPSA) is 26.3 Å². The van der Waals surface area contributed by atoms with Crippen LogP contribution in [-0.2, 0) is 9.74 Å². The molecule has 0 aromatic rings. The Kier molecular flexibility index (Phi) is 2.62. The van der Waals surface area contributed by atoms with E-state index in [0.717, 1.165) is 0 Å². The van der Waals surface area contributed by atoms with Gasteiger partial charge in [0.1, 0.15) is 0 Å². The standard InChI is InChI=1S/C6H11FO2/c1-4-6(2,3)5(8)9-7/h4H2,1-3H3. The first-order valence-corrected chi connectivity index (χ1v) is 2.87. The monoisotopic (exact) mass is 134 g/mol. The zero-order valence-electron chi connectivity index (χ0n) is 5.90. The van der Waals surface area contributed by atoms with Crippen LogP contribution in [0.2, 0.25) is 0 Å². The van der Waals surface area contributed by atoms with Crippen LogP contribution < -0.4 is 0 Å². The van der Waals surface area contributed by atoms with Gasteiger partial charge in [0.2, 0.25) is 0 Å². The number of hydrogen-bond acceptors (Lipinski definition) is 2. The van der Waals surface area contributed by atoms with E-state index >= 15 is 0 Å². The van der Waals surface area contributed by atoms with Crippen molar-refractivity contribution < 1.29 is 14.3 Å². The van der Waals surface area contributed by atoms with E-state index in [1.54, 1.807) is 20.8 Å². The summed E-state index contributed by atoms with van der Waals surface area (Å²) in [5.41, 5.74) is -0.686. The summed E-state index contributed by atoms with van der Waals surface area (Å²) in [6.07, 6.45) is 0.579. The maximum atomic E-state index is 11.2. The Morgan fingerprint density at radius 2 is 2.11 bits per heavy atom. The highest BCUT2D eigenvalue weighted by atomic mass is 19.3. The van der Waals surface area contributed by atoms with E-state index < -0.39 is 11.4 Å². The van der Waals surface area contributed by atoms with Gasteiger partial charge in [0.15, 0.2) is 0 Å². The highest BCUT2D eigenvalue weighted by Gasteiger charge is 2.27. The van der Waals surface area contributed by atoms with Crippen molar-refractivity contribution in [1.82, 2.24) is 0 Å².